The van der Waals surface area contributed by atoms with E-state index in [0.29, 0.717) is 23.6 Å². The van der Waals surface area contributed by atoms with Crippen LogP contribution in [-0.2, 0) is 6.54 Å². The zero-order chi connectivity index (χ0) is 18.4. The molecule has 0 unspecified atom stereocenters. The number of rotatable bonds is 6. The summed E-state index contributed by atoms with van der Waals surface area (Å²) in [6.07, 6.45) is 0. The van der Waals surface area contributed by atoms with E-state index in [1.807, 2.05) is 66.7 Å². The lowest BCUT2D eigenvalue weighted by molar-refractivity contribution is 0.0782. The smallest absolute Gasteiger partial charge is 0.257 e. The van der Waals surface area contributed by atoms with E-state index in [1.54, 1.807) is 31.2 Å². The minimum atomic E-state index is -0.0904. The number of nitrogens with zero attached hydrogens (tertiary/aromatic N) is 1. The second-order valence-corrected chi connectivity index (χ2v) is 5.92. The molecule has 0 spiro atoms. The van der Waals surface area contributed by atoms with E-state index < -0.39 is 0 Å². The number of hydrogen-bond donors (Lipinski definition) is 0. The summed E-state index contributed by atoms with van der Waals surface area (Å²) >= 11 is 0. The predicted octanol–water partition coefficient (Wildman–Crippen LogP) is 4.76. The second-order valence-electron chi connectivity index (χ2n) is 5.92. The SMILES string of the molecule is COc1ccc(CN(C)C(=O)c2ccccc2Oc2ccccc2)cc1. The van der Waals surface area contributed by atoms with E-state index in [2.05, 4.69) is 0 Å². The molecule has 4 nitrogen and oxygen atoms in total. The molecule has 1 amide bonds. The van der Waals surface area contributed by atoms with Gasteiger partial charge in [0.1, 0.15) is 17.2 Å². The first-order valence-corrected chi connectivity index (χ1v) is 8.37. The van der Waals surface area contributed by atoms with Crippen molar-refractivity contribution in [1.29, 1.82) is 0 Å². The van der Waals surface area contributed by atoms with Gasteiger partial charge in [-0.1, -0.05) is 42.5 Å². The van der Waals surface area contributed by atoms with Gasteiger partial charge in [-0.2, -0.15) is 0 Å². The highest BCUT2D eigenvalue weighted by molar-refractivity contribution is 5.96. The summed E-state index contributed by atoms with van der Waals surface area (Å²) in [6, 6.07) is 24.4. The summed E-state index contributed by atoms with van der Waals surface area (Å²) < 4.78 is 11.1. The Morgan fingerprint density at radius 1 is 0.846 bits per heavy atom. The average Bonchev–Trinajstić information content (AvgIpc) is 2.69. The molecule has 0 saturated carbocycles. The fourth-order valence-corrected chi connectivity index (χ4v) is 2.63. The molecule has 0 radical (unpaired) electrons. The fourth-order valence-electron chi connectivity index (χ4n) is 2.63. The molecule has 0 aliphatic rings. The van der Waals surface area contributed by atoms with Crippen LogP contribution >= 0.6 is 0 Å². The minimum absolute atomic E-state index is 0.0904. The highest BCUT2D eigenvalue weighted by Crippen LogP contribution is 2.26. The predicted molar refractivity (Wildman–Crippen MR) is 102 cm³/mol. The molecule has 0 aliphatic carbocycles. The van der Waals surface area contributed by atoms with Gasteiger partial charge in [-0.25, -0.2) is 0 Å². The summed E-state index contributed by atoms with van der Waals surface area (Å²) in [5, 5.41) is 0. The summed E-state index contributed by atoms with van der Waals surface area (Å²) in [6.45, 7) is 0.502. The number of amides is 1. The topological polar surface area (TPSA) is 38.8 Å². The van der Waals surface area contributed by atoms with E-state index in [4.69, 9.17) is 9.47 Å². The van der Waals surface area contributed by atoms with Gasteiger partial charge >= 0.3 is 0 Å². The maximum Gasteiger partial charge on any atom is 0.257 e. The van der Waals surface area contributed by atoms with Gasteiger partial charge < -0.3 is 14.4 Å². The summed E-state index contributed by atoms with van der Waals surface area (Å²) in [5.74, 6) is 1.95. The zero-order valence-corrected chi connectivity index (χ0v) is 14.9. The van der Waals surface area contributed by atoms with E-state index >= 15 is 0 Å². The molecule has 4 heteroatoms. The van der Waals surface area contributed by atoms with Crippen LogP contribution in [0.1, 0.15) is 15.9 Å². The van der Waals surface area contributed by atoms with Crippen LogP contribution in [0.5, 0.6) is 17.2 Å². The normalized spacial score (nSPS) is 10.2. The number of hydrogen-bond acceptors (Lipinski definition) is 3. The second kappa shape index (κ2) is 8.21. The summed E-state index contributed by atoms with van der Waals surface area (Å²) in [5.41, 5.74) is 1.57. The molecule has 0 aliphatic heterocycles. The quantitative estimate of drug-likeness (QED) is 0.645. The molecular weight excluding hydrogens is 326 g/mol. The van der Waals surface area contributed by atoms with Crippen molar-refractivity contribution < 1.29 is 14.3 Å². The van der Waals surface area contributed by atoms with Gasteiger partial charge in [0, 0.05) is 13.6 Å². The monoisotopic (exact) mass is 347 g/mol. The number of para-hydroxylation sites is 2. The van der Waals surface area contributed by atoms with Crippen molar-refractivity contribution in [2.24, 2.45) is 0 Å². The minimum Gasteiger partial charge on any atom is -0.497 e. The maximum atomic E-state index is 12.9. The molecule has 0 heterocycles. The molecule has 3 rings (SSSR count). The van der Waals surface area contributed by atoms with Crippen molar-refractivity contribution in [3.8, 4) is 17.2 Å². The Morgan fingerprint density at radius 2 is 1.50 bits per heavy atom. The Labute approximate surface area is 153 Å². The van der Waals surface area contributed by atoms with Gasteiger partial charge in [-0.15, -0.1) is 0 Å². The molecule has 0 saturated heterocycles. The first kappa shape index (κ1) is 17.5. The van der Waals surface area contributed by atoms with Gasteiger partial charge in [0.15, 0.2) is 0 Å². The average molecular weight is 347 g/mol. The van der Waals surface area contributed by atoms with E-state index in [9.17, 15) is 4.79 Å². The standard InChI is InChI=1S/C22H21NO3/c1-23(16-17-12-14-18(25-2)15-13-17)22(24)20-10-6-7-11-21(20)26-19-8-4-3-5-9-19/h3-15H,16H2,1-2H3. The third-order valence-corrected chi connectivity index (χ3v) is 4.01. The third kappa shape index (κ3) is 4.22. The molecule has 0 atom stereocenters. The first-order valence-electron chi connectivity index (χ1n) is 8.37. The molecule has 0 bridgehead atoms. The third-order valence-electron chi connectivity index (χ3n) is 4.01. The lowest BCUT2D eigenvalue weighted by Gasteiger charge is -2.19. The van der Waals surface area contributed by atoms with Crippen molar-refractivity contribution in [2.45, 2.75) is 6.54 Å². The van der Waals surface area contributed by atoms with Gasteiger partial charge in [-0.05, 0) is 42.0 Å². The molecule has 0 fully saturated rings. The molecule has 26 heavy (non-hydrogen) atoms. The van der Waals surface area contributed by atoms with Gasteiger partial charge in [0.25, 0.3) is 5.91 Å². The summed E-state index contributed by atoms with van der Waals surface area (Å²) in [4.78, 5) is 14.6. The van der Waals surface area contributed by atoms with Crippen molar-refractivity contribution >= 4 is 5.91 Å². The highest BCUT2D eigenvalue weighted by atomic mass is 16.5. The highest BCUT2D eigenvalue weighted by Gasteiger charge is 2.17. The largest absolute Gasteiger partial charge is 0.497 e. The molecular formula is C22H21NO3. The Kier molecular flexibility index (Phi) is 5.54. The van der Waals surface area contributed by atoms with Crippen LogP contribution < -0.4 is 9.47 Å². The number of ether oxygens (including phenoxy) is 2. The van der Waals surface area contributed by atoms with Crippen LogP contribution in [-0.4, -0.2) is 25.0 Å². The number of carbonyl (C=O) groups excluding carboxylic acids is 1. The van der Waals surface area contributed by atoms with E-state index in [0.717, 1.165) is 11.3 Å². The van der Waals surface area contributed by atoms with Gasteiger partial charge in [0.05, 0.1) is 12.7 Å². The van der Waals surface area contributed by atoms with Gasteiger partial charge in [0.2, 0.25) is 0 Å². The van der Waals surface area contributed by atoms with Crippen LogP contribution in [0.2, 0.25) is 0 Å². The Bertz CT molecular complexity index is 860. The lowest BCUT2D eigenvalue weighted by atomic mass is 10.1. The van der Waals surface area contributed by atoms with Crippen LogP contribution in [0.4, 0.5) is 0 Å². The summed E-state index contributed by atoms with van der Waals surface area (Å²) in [7, 11) is 3.42. The van der Waals surface area contributed by atoms with E-state index in [1.165, 1.54) is 0 Å². The number of benzene rings is 3. The van der Waals surface area contributed by atoms with Crippen molar-refractivity contribution in [1.82, 2.24) is 4.90 Å². The molecule has 3 aromatic carbocycles. The molecule has 0 aromatic heterocycles. The van der Waals surface area contributed by atoms with Crippen LogP contribution in [0.3, 0.4) is 0 Å². The van der Waals surface area contributed by atoms with Crippen molar-refractivity contribution in [2.75, 3.05) is 14.2 Å². The number of methoxy groups -OCH3 is 1. The zero-order valence-electron chi connectivity index (χ0n) is 14.9. The van der Waals surface area contributed by atoms with Crippen LogP contribution in [0, 0.1) is 0 Å². The van der Waals surface area contributed by atoms with Crippen LogP contribution in [0.15, 0.2) is 78.9 Å². The van der Waals surface area contributed by atoms with Gasteiger partial charge in [-0.3, -0.25) is 4.79 Å². The molecule has 0 N–H and O–H groups in total. The van der Waals surface area contributed by atoms with Crippen LogP contribution in [0.25, 0.3) is 0 Å². The lowest BCUT2D eigenvalue weighted by Crippen LogP contribution is -2.26. The Morgan fingerprint density at radius 3 is 2.19 bits per heavy atom. The number of carbonyl (C=O) groups is 1. The van der Waals surface area contributed by atoms with E-state index in [-0.39, 0.29) is 5.91 Å². The fraction of sp³-hybridized carbons (Fsp3) is 0.136. The Hall–Kier alpha value is -3.27. The van der Waals surface area contributed by atoms with Crippen molar-refractivity contribution in [3.05, 3.63) is 90.0 Å². The molecule has 3 aromatic rings. The maximum absolute atomic E-state index is 12.9. The molecule has 132 valence electrons. The first-order chi connectivity index (χ1) is 12.7. The Balaban J connectivity index is 1.76. The van der Waals surface area contributed by atoms with Crippen molar-refractivity contribution in [3.63, 3.8) is 0 Å².